The molecule has 1 aliphatic heterocycles. The van der Waals surface area contributed by atoms with E-state index in [4.69, 9.17) is 4.74 Å². The van der Waals surface area contributed by atoms with Crippen molar-refractivity contribution < 1.29 is 9.53 Å². The van der Waals surface area contributed by atoms with E-state index in [-0.39, 0.29) is 17.9 Å². The normalized spacial score (nSPS) is 16.9. The summed E-state index contributed by atoms with van der Waals surface area (Å²) in [6.45, 7) is 5.44. The second kappa shape index (κ2) is 7.44. The molecule has 1 aliphatic rings. The van der Waals surface area contributed by atoms with E-state index in [0.717, 1.165) is 36.5 Å². The number of aromatic nitrogens is 4. The number of fused-ring (bicyclic) bond motifs is 1. The number of rotatable bonds is 5. The molecule has 7 heteroatoms. The van der Waals surface area contributed by atoms with Gasteiger partial charge in [0.15, 0.2) is 5.65 Å². The molecule has 27 heavy (non-hydrogen) atoms. The summed E-state index contributed by atoms with van der Waals surface area (Å²) in [4.78, 5) is 21.5. The van der Waals surface area contributed by atoms with Crippen LogP contribution in [0.1, 0.15) is 48.8 Å². The summed E-state index contributed by atoms with van der Waals surface area (Å²) >= 11 is 0. The van der Waals surface area contributed by atoms with E-state index in [1.807, 2.05) is 30.3 Å². The van der Waals surface area contributed by atoms with Gasteiger partial charge in [-0.1, -0.05) is 19.9 Å². The summed E-state index contributed by atoms with van der Waals surface area (Å²) in [5, 5.41) is 7.60. The van der Waals surface area contributed by atoms with Crippen molar-refractivity contribution >= 4 is 11.6 Å². The smallest absolute Gasteiger partial charge is 0.270 e. The Morgan fingerprint density at radius 2 is 2.22 bits per heavy atom. The molecule has 0 aliphatic carbocycles. The Morgan fingerprint density at radius 1 is 1.33 bits per heavy atom. The molecule has 4 rings (SSSR count). The summed E-state index contributed by atoms with van der Waals surface area (Å²) in [6.07, 6.45) is 3.88. The Kier molecular flexibility index (Phi) is 4.85. The summed E-state index contributed by atoms with van der Waals surface area (Å²) in [6, 6.07) is 9.38. The predicted molar refractivity (Wildman–Crippen MR) is 102 cm³/mol. The number of nitrogens with one attached hydrogen (secondary N) is 1. The first-order chi connectivity index (χ1) is 13.1. The fourth-order valence-corrected chi connectivity index (χ4v) is 3.27. The molecule has 7 nitrogen and oxygen atoms in total. The molecular formula is C20H23N5O2. The van der Waals surface area contributed by atoms with Gasteiger partial charge in [-0.3, -0.25) is 9.78 Å². The SMILES string of the molecule is CC(C)c1cc(C(=O)NCC2CCCO2)nc2cc(-c3ccccn3)nn12. The van der Waals surface area contributed by atoms with Gasteiger partial charge in [-0.25, -0.2) is 9.50 Å². The van der Waals surface area contributed by atoms with Crippen LogP contribution in [0.15, 0.2) is 36.5 Å². The van der Waals surface area contributed by atoms with Crippen LogP contribution >= 0.6 is 0 Å². The van der Waals surface area contributed by atoms with Gasteiger partial charge in [0.1, 0.15) is 11.4 Å². The highest BCUT2D eigenvalue weighted by Gasteiger charge is 2.20. The van der Waals surface area contributed by atoms with Gasteiger partial charge >= 0.3 is 0 Å². The third kappa shape index (κ3) is 3.68. The Bertz CT molecular complexity index is 946. The Morgan fingerprint density at radius 3 is 2.93 bits per heavy atom. The third-order valence-electron chi connectivity index (χ3n) is 4.72. The van der Waals surface area contributed by atoms with Gasteiger partial charge in [0.2, 0.25) is 0 Å². The van der Waals surface area contributed by atoms with Crippen molar-refractivity contribution in [1.29, 1.82) is 0 Å². The monoisotopic (exact) mass is 365 g/mol. The highest BCUT2D eigenvalue weighted by atomic mass is 16.5. The first-order valence-corrected chi connectivity index (χ1v) is 9.34. The topological polar surface area (TPSA) is 81.4 Å². The van der Waals surface area contributed by atoms with Gasteiger partial charge in [-0.2, -0.15) is 5.10 Å². The minimum Gasteiger partial charge on any atom is -0.376 e. The van der Waals surface area contributed by atoms with E-state index >= 15 is 0 Å². The highest BCUT2D eigenvalue weighted by molar-refractivity contribution is 5.93. The van der Waals surface area contributed by atoms with Crippen LogP contribution in [0.3, 0.4) is 0 Å². The molecule has 1 amide bonds. The Balaban J connectivity index is 1.66. The van der Waals surface area contributed by atoms with Crippen LogP contribution in [0, 0.1) is 0 Å². The van der Waals surface area contributed by atoms with Crippen LogP contribution in [0.25, 0.3) is 17.0 Å². The summed E-state index contributed by atoms with van der Waals surface area (Å²) < 4.78 is 7.36. The molecule has 0 radical (unpaired) electrons. The number of hydrogen-bond acceptors (Lipinski definition) is 5. The zero-order chi connectivity index (χ0) is 18.8. The molecule has 0 saturated carbocycles. The van der Waals surface area contributed by atoms with E-state index in [9.17, 15) is 4.79 Å². The molecule has 1 unspecified atom stereocenters. The largest absolute Gasteiger partial charge is 0.376 e. The van der Waals surface area contributed by atoms with E-state index in [2.05, 4.69) is 34.2 Å². The van der Waals surface area contributed by atoms with Crippen LogP contribution in [0.2, 0.25) is 0 Å². The second-order valence-electron chi connectivity index (χ2n) is 7.08. The minimum atomic E-state index is -0.185. The molecule has 3 aromatic heterocycles. The van der Waals surface area contributed by atoms with E-state index in [1.54, 1.807) is 10.7 Å². The fraction of sp³-hybridized carbons (Fsp3) is 0.400. The van der Waals surface area contributed by atoms with Gasteiger partial charge < -0.3 is 10.1 Å². The molecule has 0 spiro atoms. The maximum atomic E-state index is 12.6. The Hall–Kier alpha value is -2.80. The number of nitrogens with zero attached hydrogens (tertiary/aromatic N) is 4. The van der Waals surface area contributed by atoms with Gasteiger partial charge in [0.05, 0.1) is 11.8 Å². The molecule has 140 valence electrons. The van der Waals surface area contributed by atoms with Crippen molar-refractivity contribution in [2.45, 2.75) is 38.7 Å². The molecule has 1 saturated heterocycles. The second-order valence-corrected chi connectivity index (χ2v) is 7.08. The summed E-state index contributed by atoms with van der Waals surface area (Å²) in [5.74, 6) is 0.00665. The maximum absolute atomic E-state index is 12.6. The van der Waals surface area contributed by atoms with E-state index in [1.165, 1.54) is 0 Å². The quantitative estimate of drug-likeness (QED) is 0.752. The van der Waals surface area contributed by atoms with Crippen molar-refractivity contribution in [2.75, 3.05) is 13.2 Å². The van der Waals surface area contributed by atoms with Crippen LogP contribution in [0.5, 0.6) is 0 Å². The molecule has 0 aromatic carbocycles. The number of carbonyl (C=O) groups excluding carboxylic acids is 1. The van der Waals surface area contributed by atoms with Crippen molar-refractivity contribution in [3.63, 3.8) is 0 Å². The number of hydrogen-bond donors (Lipinski definition) is 1. The first-order valence-electron chi connectivity index (χ1n) is 9.34. The van der Waals surface area contributed by atoms with Crippen LogP contribution < -0.4 is 5.32 Å². The number of ether oxygens (including phenoxy) is 1. The standard InChI is InChI=1S/C20H23N5O2/c1-13(2)18-10-17(20(26)22-12-14-6-5-9-27-14)23-19-11-16(24-25(18)19)15-7-3-4-8-21-15/h3-4,7-8,10-11,13-14H,5-6,9,12H2,1-2H3,(H,22,26). The number of pyridine rings is 1. The van der Waals surface area contributed by atoms with Crippen molar-refractivity contribution in [2.24, 2.45) is 0 Å². The van der Waals surface area contributed by atoms with Gasteiger partial charge in [-0.05, 0) is 37.0 Å². The average Bonchev–Trinajstić information content (AvgIpc) is 3.35. The number of amides is 1. The third-order valence-corrected chi connectivity index (χ3v) is 4.72. The van der Waals surface area contributed by atoms with E-state index < -0.39 is 0 Å². The van der Waals surface area contributed by atoms with Crippen LogP contribution in [-0.2, 0) is 4.74 Å². The van der Waals surface area contributed by atoms with Crippen molar-refractivity contribution in [3.8, 4) is 11.4 Å². The van der Waals surface area contributed by atoms with Gasteiger partial charge in [0.25, 0.3) is 5.91 Å². The van der Waals surface area contributed by atoms with Crippen molar-refractivity contribution in [3.05, 3.63) is 47.9 Å². The number of carbonyl (C=O) groups is 1. The zero-order valence-corrected chi connectivity index (χ0v) is 15.6. The molecular weight excluding hydrogens is 342 g/mol. The van der Waals surface area contributed by atoms with Crippen LogP contribution in [-0.4, -0.2) is 44.7 Å². The maximum Gasteiger partial charge on any atom is 0.270 e. The molecule has 1 atom stereocenters. The zero-order valence-electron chi connectivity index (χ0n) is 15.6. The fourth-order valence-electron chi connectivity index (χ4n) is 3.27. The minimum absolute atomic E-state index is 0.105. The lowest BCUT2D eigenvalue weighted by molar-refractivity contribution is 0.0853. The molecule has 3 aromatic rings. The Labute approximate surface area is 157 Å². The predicted octanol–water partition coefficient (Wildman–Crippen LogP) is 2.82. The lowest BCUT2D eigenvalue weighted by Gasteiger charge is -2.13. The molecule has 1 fully saturated rings. The van der Waals surface area contributed by atoms with Gasteiger partial charge in [-0.15, -0.1) is 0 Å². The molecule has 1 N–H and O–H groups in total. The summed E-state index contributed by atoms with van der Waals surface area (Å²) in [5.41, 5.74) is 3.49. The van der Waals surface area contributed by atoms with E-state index in [0.29, 0.717) is 17.9 Å². The first kappa shape index (κ1) is 17.6. The summed E-state index contributed by atoms with van der Waals surface area (Å²) in [7, 11) is 0. The van der Waals surface area contributed by atoms with Crippen molar-refractivity contribution in [1.82, 2.24) is 24.9 Å². The highest BCUT2D eigenvalue weighted by Crippen LogP contribution is 2.22. The lowest BCUT2D eigenvalue weighted by Crippen LogP contribution is -2.32. The molecule has 0 bridgehead atoms. The van der Waals surface area contributed by atoms with Crippen LogP contribution in [0.4, 0.5) is 0 Å². The van der Waals surface area contributed by atoms with Gasteiger partial charge in [0, 0.05) is 31.1 Å². The molecule has 4 heterocycles. The lowest BCUT2D eigenvalue weighted by atomic mass is 10.1. The average molecular weight is 365 g/mol.